The van der Waals surface area contributed by atoms with Gasteiger partial charge in [-0.3, -0.25) is 9.69 Å². The highest BCUT2D eigenvalue weighted by Gasteiger charge is 2.54. The zero-order valence-corrected chi connectivity index (χ0v) is 19.6. The molecule has 6 nitrogen and oxygen atoms in total. The smallest absolute Gasteiger partial charge is 0.298 e. The molecule has 2 fully saturated rings. The van der Waals surface area contributed by atoms with Gasteiger partial charge in [-0.05, 0) is 86.9 Å². The number of nitrogens with zero attached hydrogens (tertiary/aromatic N) is 1. The summed E-state index contributed by atoms with van der Waals surface area (Å²) in [6.07, 6.45) is 5.78. The first-order valence-corrected chi connectivity index (χ1v) is 11.6. The molecule has 5 rings (SSSR count). The number of nitrogens with one attached hydrogen (secondary N) is 1. The minimum absolute atomic E-state index is 0.184. The van der Waals surface area contributed by atoms with Crippen molar-refractivity contribution in [2.24, 2.45) is 5.41 Å². The number of likely N-dealkylation sites (tertiary alicyclic amines) is 1. The lowest BCUT2D eigenvalue weighted by atomic mass is 9.54. The highest BCUT2D eigenvalue weighted by atomic mass is 16.5. The number of rotatable bonds is 6. The van der Waals surface area contributed by atoms with Gasteiger partial charge in [-0.2, -0.15) is 0 Å². The van der Waals surface area contributed by atoms with Crippen molar-refractivity contribution < 1.29 is 19.4 Å². The number of aryl methyl sites for hydroxylation is 1. The molecule has 1 spiro atoms. The molecule has 33 heavy (non-hydrogen) atoms. The lowest BCUT2D eigenvalue weighted by Gasteiger charge is -2.58. The lowest BCUT2D eigenvalue weighted by Crippen LogP contribution is -2.55. The van der Waals surface area contributed by atoms with E-state index in [9.17, 15) is 9.90 Å². The third kappa shape index (κ3) is 4.02. The van der Waals surface area contributed by atoms with Crippen LogP contribution >= 0.6 is 0 Å². The number of piperidine rings is 1. The number of hydrogen-bond donors (Lipinski definition) is 2. The third-order valence-corrected chi connectivity index (χ3v) is 7.65. The number of benzene rings is 2. The molecule has 1 atom stereocenters. The summed E-state index contributed by atoms with van der Waals surface area (Å²) in [5.74, 6) is 1.46. The molecule has 1 aliphatic heterocycles. The molecule has 6 heteroatoms. The molecule has 2 aromatic carbocycles. The summed E-state index contributed by atoms with van der Waals surface area (Å²) in [5.41, 5.74) is 4.36. The van der Waals surface area contributed by atoms with Gasteiger partial charge in [-0.25, -0.2) is 0 Å². The monoisotopic (exact) mass is 448 g/mol. The van der Waals surface area contributed by atoms with Gasteiger partial charge in [0.25, 0.3) is 6.47 Å². The van der Waals surface area contributed by atoms with E-state index in [2.05, 4.69) is 41.1 Å². The highest BCUT2D eigenvalue weighted by Crippen LogP contribution is 2.58. The number of hydrogen-bond acceptors (Lipinski definition) is 5. The quantitative estimate of drug-likeness (QED) is 0.525. The van der Waals surface area contributed by atoms with Crippen LogP contribution in [0.3, 0.4) is 0 Å². The van der Waals surface area contributed by atoms with E-state index in [1.54, 1.807) is 7.11 Å². The zero-order valence-electron chi connectivity index (χ0n) is 19.6. The van der Waals surface area contributed by atoms with Crippen molar-refractivity contribution in [2.75, 3.05) is 13.7 Å². The Morgan fingerprint density at radius 2 is 2.00 bits per heavy atom. The Balaban J connectivity index is 1.49. The van der Waals surface area contributed by atoms with Crippen molar-refractivity contribution in [1.82, 2.24) is 9.88 Å². The molecule has 2 aliphatic rings. The molecular weight excluding hydrogens is 416 g/mol. The van der Waals surface area contributed by atoms with E-state index in [0.717, 1.165) is 50.0 Å². The van der Waals surface area contributed by atoms with E-state index in [4.69, 9.17) is 9.47 Å². The Hall–Kier alpha value is -2.83. The summed E-state index contributed by atoms with van der Waals surface area (Å²) in [4.78, 5) is 16.6. The summed E-state index contributed by atoms with van der Waals surface area (Å²) < 4.78 is 10.8. The first kappa shape index (κ1) is 22.0. The average Bonchev–Trinajstić information content (AvgIpc) is 3.27. The van der Waals surface area contributed by atoms with Crippen LogP contribution < -0.4 is 9.47 Å². The number of carbonyl (C=O) groups excluding carboxylic acids is 1. The number of aromatic nitrogens is 1. The van der Waals surface area contributed by atoms with Crippen LogP contribution in [0.2, 0.25) is 0 Å². The summed E-state index contributed by atoms with van der Waals surface area (Å²) >= 11 is 0. The number of aromatic amines is 1. The SMILES string of the molecule is COc1cc(C)c2[nH]ccc2c1CN1CCC2(CC1c1ccc(OC=O)cc1)CC(C)(O)C2. The highest BCUT2D eigenvalue weighted by molar-refractivity contribution is 5.88. The maximum Gasteiger partial charge on any atom is 0.298 e. The second-order valence-electron chi connectivity index (χ2n) is 10.2. The number of methoxy groups -OCH3 is 1. The minimum Gasteiger partial charge on any atom is -0.496 e. The zero-order chi connectivity index (χ0) is 23.2. The van der Waals surface area contributed by atoms with Gasteiger partial charge in [0.05, 0.1) is 12.7 Å². The maximum atomic E-state index is 10.7. The van der Waals surface area contributed by atoms with Crippen LogP contribution in [0, 0.1) is 12.3 Å². The van der Waals surface area contributed by atoms with Crippen molar-refractivity contribution in [3.63, 3.8) is 0 Å². The van der Waals surface area contributed by atoms with Crippen LogP contribution in [0.5, 0.6) is 11.5 Å². The van der Waals surface area contributed by atoms with Crippen LogP contribution in [-0.2, 0) is 11.3 Å². The lowest BCUT2D eigenvalue weighted by molar-refractivity contribution is -0.148. The Morgan fingerprint density at radius 1 is 1.24 bits per heavy atom. The molecule has 3 aromatic rings. The van der Waals surface area contributed by atoms with E-state index >= 15 is 0 Å². The molecule has 1 saturated heterocycles. The molecule has 1 unspecified atom stereocenters. The van der Waals surface area contributed by atoms with Gasteiger partial charge in [-0.1, -0.05) is 12.1 Å². The number of fused-ring (bicyclic) bond motifs is 1. The fraction of sp³-hybridized carbons (Fsp3) is 0.444. The summed E-state index contributed by atoms with van der Waals surface area (Å²) in [6, 6.07) is 12.3. The molecule has 1 saturated carbocycles. The second kappa shape index (κ2) is 8.19. The summed E-state index contributed by atoms with van der Waals surface area (Å²) in [6.45, 7) is 6.24. The fourth-order valence-corrected chi connectivity index (χ4v) is 6.39. The molecule has 1 aromatic heterocycles. The largest absolute Gasteiger partial charge is 0.496 e. The van der Waals surface area contributed by atoms with Crippen LogP contribution in [0.1, 0.15) is 55.3 Å². The first-order valence-electron chi connectivity index (χ1n) is 11.6. The number of carbonyl (C=O) groups is 1. The molecule has 1 aliphatic carbocycles. The van der Waals surface area contributed by atoms with Gasteiger partial charge in [0.1, 0.15) is 11.5 Å². The third-order valence-electron chi connectivity index (χ3n) is 7.65. The van der Waals surface area contributed by atoms with Crippen molar-refractivity contribution in [3.05, 3.63) is 59.3 Å². The van der Waals surface area contributed by atoms with Gasteiger partial charge in [0.15, 0.2) is 0 Å². The number of aliphatic hydroxyl groups is 1. The molecular formula is C27H32N2O4. The van der Waals surface area contributed by atoms with E-state index < -0.39 is 5.60 Å². The van der Waals surface area contributed by atoms with Crippen molar-refractivity contribution >= 4 is 17.4 Å². The topological polar surface area (TPSA) is 74.8 Å². The van der Waals surface area contributed by atoms with Crippen molar-refractivity contribution in [1.29, 1.82) is 0 Å². The van der Waals surface area contributed by atoms with Gasteiger partial charge in [-0.15, -0.1) is 0 Å². The van der Waals surface area contributed by atoms with E-state index in [1.165, 1.54) is 22.1 Å². The van der Waals surface area contributed by atoms with Crippen LogP contribution in [0.25, 0.3) is 10.9 Å². The number of H-pyrrole nitrogens is 1. The minimum atomic E-state index is -0.550. The van der Waals surface area contributed by atoms with Crippen LogP contribution in [0.15, 0.2) is 42.6 Å². The normalized spacial score (nSPS) is 27.5. The summed E-state index contributed by atoms with van der Waals surface area (Å²) in [5, 5.41) is 11.7. The molecule has 0 radical (unpaired) electrons. The second-order valence-corrected chi connectivity index (χ2v) is 10.2. The Kier molecular flexibility index (Phi) is 5.46. The molecule has 2 heterocycles. The van der Waals surface area contributed by atoms with Crippen LogP contribution in [-0.4, -0.2) is 40.7 Å². The predicted octanol–water partition coefficient (Wildman–Crippen LogP) is 4.89. The average molecular weight is 449 g/mol. The van der Waals surface area contributed by atoms with E-state index in [-0.39, 0.29) is 11.5 Å². The van der Waals surface area contributed by atoms with Crippen LogP contribution in [0.4, 0.5) is 0 Å². The number of ether oxygens (including phenoxy) is 2. The van der Waals surface area contributed by atoms with Gasteiger partial charge < -0.3 is 19.6 Å². The van der Waals surface area contributed by atoms with Crippen molar-refractivity contribution in [2.45, 2.75) is 57.7 Å². The van der Waals surface area contributed by atoms with Crippen molar-refractivity contribution in [3.8, 4) is 11.5 Å². The Labute approximate surface area is 194 Å². The summed E-state index contributed by atoms with van der Waals surface area (Å²) in [7, 11) is 1.74. The molecule has 2 N–H and O–H groups in total. The first-order chi connectivity index (χ1) is 15.8. The molecule has 0 amide bonds. The van der Waals surface area contributed by atoms with E-state index in [1.807, 2.05) is 25.3 Å². The van der Waals surface area contributed by atoms with Gasteiger partial charge >= 0.3 is 0 Å². The van der Waals surface area contributed by atoms with Gasteiger partial charge in [0.2, 0.25) is 0 Å². The van der Waals surface area contributed by atoms with E-state index in [0.29, 0.717) is 12.2 Å². The fourth-order valence-electron chi connectivity index (χ4n) is 6.39. The molecule has 174 valence electrons. The standard InChI is InChI=1S/C27H32N2O4/c1-18-12-24(32-3)22(21-8-10-28-25(18)21)14-29-11-9-27(15-26(2,31)16-27)13-23(29)19-4-6-20(7-5-19)33-17-30/h4-8,10,12,17,23,28,31H,9,11,13-16H2,1-3H3. The predicted molar refractivity (Wildman–Crippen MR) is 127 cm³/mol. The maximum absolute atomic E-state index is 10.7. The Bertz CT molecular complexity index is 1160. The Morgan fingerprint density at radius 3 is 2.67 bits per heavy atom. The van der Waals surface area contributed by atoms with Gasteiger partial charge in [0, 0.05) is 35.2 Å². The molecule has 0 bridgehead atoms.